The second-order valence-corrected chi connectivity index (χ2v) is 7.03. The fourth-order valence-corrected chi connectivity index (χ4v) is 3.61. The highest BCUT2D eigenvalue weighted by Gasteiger charge is 2.37. The number of nitrogens with two attached hydrogens (primary N) is 1. The molecule has 1 aromatic heterocycles. The molecule has 3 heterocycles. The van der Waals surface area contributed by atoms with Gasteiger partial charge in [-0.05, 0) is 37.9 Å². The van der Waals surface area contributed by atoms with E-state index in [1.165, 1.54) is 0 Å². The van der Waals surface area contributed by atoms with Crippen molar-refractivity contribution in [1.29, 1.82) is 0 Å². The predicted octanol–water partition coefficient (Wildman–Crippen LogP) is 0.787. The summed E-state index contributed by atoms with van der Waals surface area (Å²) in [6.45, 7) is 3.70. The molecule has 0 aromatic carbocycles. The SMILES string of the molecule is NCCCOC1CCN(C(=O)[C@H]2CC(=O)N(Cc3ccccn3)C2)CC1. The molecule has 2 amide bonds. The molecule has 142 valence electrons. The van der Waals surface area contributed by atoms with Gasteiger partial charge in [-0.15, -0.1) is 0 Å². The normalized spacial score (nSPS) is 21.4. The summed E-state index contributed by atoms with van der Waals surface area (Å²) in [5.74, 6) is -0.0998. The number of ether oxygens (including phenoxy) is 1. The number of piperidine rings is 1. The second kappa shape index (κ2) is 9.09. The van der Waals surface area contributed by atoms with Gasteiger partial charge < -0.3 is 20.3 Å². The zero-order valence-corrected chi connectivity index (χ0v) is 15.2. The summed E-state index contributed by atoms with van der Waals surface area (Å²) in [6, 6.07) is 5.66. The molecule has 26 heavy (non-hydrogen) atoms. The third kappa shape index (κ3) is 4.80. The Morgan fingerprint density at radius 2 is 2.12 bits per heavy atom. The minimum atomic E-state index is -0.235. The molecule has 2 aliphatic rings. The zero-order chi connectivity index (χ0) is 18.4. The zero-order valence-electron chi connectivity index (χ0n) is 15.2. The van der Waals surface area contributed by atoms with Crippen molar-refractivity contribution in [3.8, 4) is 0 Å². The molecule has 0 spiro atoms. The Kier molecular flexibility index (Phi) is 6.57. The first-order chi connectivity index (χ1) is 12.7. The molecule has 3 rings (SSSR count). The van der Waals surface area contributed by atoms with Crippen LogP contribution in [-0.2, 0) is 20.9 Å². The van der Waals surface area contributed by atoms with Crippen LogP contribution in [0.15, 0.2) is 24.4 Å². The van der Waals surface area contributed by atoms with Crippen molar-refractivity contribution >= 4 is 11.8 Å². The van der Waals surface area contributed by atoms with Crippen LogP contribution in [0.5, 0.6) is 0 Å². The lowest BCUT2D eigenvalue weighted by atomic mass is 10.0. The highest BCUT2D eigenvalue weighted by molar-refractivity contribution is 5.89. The van der Waals surface area contributed by atoms with E-state index in [1.807, 2.05) is 23.1 Å². The van der Waals surface area contributed by atoms with Crippen molar-refractivity contribution in [3.63, 3.8) is 0 Å². The van der Waals surface area contributed by atoms with E-state index in [0.29, 0.717) is 45.8 Å². The van der Waals surface area contributed by atoms with Crippen LogP contribution in [0.25, 0.3) is 0 Å². The van der Waals surface area contributed by atoms with Crippen LogP contribution in [-0.4, -0.2) is 65.5 Å². The van der Waals surface area contributed by atoms with Crippen LogP contribution < -0.4 is 5.73 Å². The largest absolute Gasteiger partial charge is 0.378 e. The number of carbonyl (C=O) groups excluding carboxylic acids is 2. The van der Waals surface area contributed by atoms with Gasteiger partial charge in [0.1, 0.15) is 0 Å². The van der Waals surface area contributed by atoms with Crippen LogP contribution in [0.2, 0.25) is 0 Å². The van der Waals surface area contributed by atoms with Crippen LogP contribution in [0.3, 0.4) is 0 Å². The maximum absolute atomic E-state index is 12.8. The Hall–Kier alpha value is -1.99. The molecular weight excluding hydrogens is 332 g/mol. The lowest BCUT2D eigenvalue weighted by Crippen LogP contribution is -2.44. The topological polar surface area (TPSA) is 88.8 Å². The Labute approximate surface area is 154 Å². The van der Waals surface area contributed by atoms with Crippen molar-refractivity contribution in [2.45, 2.75) is 38.3 Å². The number of likely N-dealkylation sites (tertiary alicyclic amines) is 2. The molecule has 2 aliphatic heterocycles. The van der Waals surface area contributed by atoms with Gasteiger partial charge in [-0.3, -0.25) is 14.6 Å². The van der Waals surface area contributed by atoms with Crippen molar-refractivity contribution in [2.75, 3.05) is 32.8 Å². The van der Waals surface area contributed by atoms with Gasteiger partial charge in [0.2, 0.25) is 11.8 Å². The van der Waals surface area contributed by atoms with Gasteiger partial charge in [-0.1, -0.05) is 6.07 Å². The number of aromatic nitrogens is 1. The number of pyridine rings is 1. The first-order valence-corrected chi connectivity index (χ1v) is 9.45. The summed E-state index contributed by atoms with van der Waals surface area (Å²) in [5.41, 5.74) is 6.33. The van der Waals surface area contributed by atoms with Crippen molar-refractivity contribution < 1.29 is 14.3 Å². The molecule has 7 nitrogen and oxygen atoms in total. The molecule has 2 saturated heterocycles. The quantitative estimate of drug-likeness (QED) is 0.726. The van der Waals surface area contributed by atoms with Crippen molar-refractivity contribution in [1.82, 2.24) is 14.8 Å². The molecule has 7 heteroatoms. The third-order valence-electron chi connectivity index (χ3n) is 5.10. The fraction of sp³-hybridized carbons (Fsp3) is 0.632. The number of amides is 2. The van der Waals surface area contributed by atoms with E-state index in [-0.39, 0.29) is 23.8 Å². The van der Waals surface area contributed by atoms with Crippen LogP contribution >= 0.6 is 0 Å². The van der Waals surface area contributed by atoms with E-state index in [4.69, 9.17) is 10.5 Å². The van der Waals surface area contributed by atoms with Crippen molar-refractivity contribution in [3.05, 3.63) is 30.1 Å². The Balaban J connectivity index is 1.46. The Morgan fingerprint density at radius 3 is 2.81 bits per heavy atom. The fourth-order valence-electron chi connectivity index (χ4n) is 3.61. The van der Waals surface area contributed by atoms with Gasteiger partial charge in [0.25, 0.3) is 0 Å². The first kappa shape index (κ1) is 18.8. The van der Waals surface area contributed by atoms with E-state index in [2.05, 4.69) is 4.98 Å². The number of rotatable bonds is 7. The van der Waals surface area contributed by atoms with Gasteiger partial charge in [-0.2, -0.15) is 0 Å². The predicted molar refractivity (Wildman–Crippen MR) is 97.0 cm³/mol. The van der Waals surface area contributed by atoms with Crippen molar-refractivity contribution in [2.24, 2.45) is 11.7 Å². The van der Waals surface area contributed by atoms with Gasteiger partial charge in [0.15, 0.2) is 0 Å². The summed E-state index contributed by atoms with van der Waals surface area (Å²) in [7, 11) is 0. The van der Waals surface area contributed by atoms with Crippen LogP contribution in [0, 0.1) is 5.92 Å². The number of carbonyl (C=O) groups is 2. The maximum atomic E-state index is 12.8. The number of hydrogen-bond donors (Lipinski definition) is 1. The van der Waals surface area contributed by atoms with E-state index in [9.17, 15) is 9.59 Å². The van der Waals surface area contributed by atoms with Crippen LogP contribution in [0.4, 0.5) is 0 Å². The molecule has 0 aliphatic carbocycles. The molecule has 2 N–H and O–H groups in total. The molecule has 0 saturated carbocycles. The molecule has 1 atom stereocenters. The van der Waals surface area contributed by atoms with E-state index >= 15 is 0 Å². The molecule has 0 unspecified atom stereocenters. The van der Waals surface area contributed by atoms with E-state index in [1.54, 1.807) is 11.1 Å². The summed E-state index contributed by atoms with van der Waals surface area (Å²) in [4.78, 5) is 33.0. The van der Waals surface area contributed by atoms with E-state index in [0.717, 1.165) is 25.0 Å². The molecule has 0 radical (unpaired) electrons. The summed E-state index contributed by atoms with van der Waals surface area (Å²) in [6.07, 6.45) is 4.83. The lowest BCUT2D eigenvalue weighted by molar-refractivity contribution is -0.138. The Morgan fingerprint density at radius 1 is 1.31 bits per heavy atom. The van der Waals surface area contributed by atoms with Gasteiger partial charge in [0.05, 0.1) is 24.3 Å². The average molecular weight is 360 g/mol. The van der Waals surface area contributed by atoms with Gasteiger partial charge in [0, 0.05) is 38.9 Å². The average Bonchev–Trinajstić information content (AvgIpc) is 3.03. The third-order valence-corrected chi connectivity index (χ3v) is 5.10. The molecular formula is C19H28N4O3. The smallest absolute Gasteiger partial charge is 0.227 e. The summed E-state index contributed by atoms with van der Waals surface area (Å²) in [5, 5.41) is 0. The van der Waals surface area contributed by atoms with Crippen LogP contribution in [0.1, 0.15) is 31.4 Å². The van der Waals surface area contributed by atoms with Gasteiger partial charge >= 0.3 is 0 Å². The van der Waals surface area contributed by atoms with E-state index < -0.39 is 0 Å². The highest BCUT2D eigenvalue weighted by Crippen LogP contribution is 2.24. The summed E-state index contributed by atoms with van der Waals surface area (Å²) >= 11 is 0. The Bertz CT molecular complexity index is 602. The molecule has 0 bridgehead atoms. The number of nitrogens with zero attached hydrogens (tertiary/aromatic N) is 3. The minimum absolute atomic E-state index is 0.0361. The maximum Gasteiger partial charge on any atom is 0.227 e. The number of hydrogen-bond acceptors (Lipinski definition) is 5. The van der Waals surface area contributed by atoms with Gasteiger partial charge in [-0.25, -0.2) is 0 Å². The first-order valence-electron chi connectivity index (χ1n) is 9.45. The molecule has 1 aromatic rings. The standard InChI is InChI=1S/C19H28N4O3/c20-7-3-11-26-17-5-9-22(10-6-17)19(25)15-12-18(24)23(13-15)14-16-4-1-2-8-21-16/h1-2,4,8,15,17H,3,5-7,9-14,20H2/t15-/m0/s1. The second-order valence-electron chi connectivity index (χ2n) is 7.03. The summed E-state index contributed by atoms with van der Waals surface area (Å²) < 4.78 is 5.79. The molecule has 2 fully saturated rings. The minimum Gasteiger partial charge on any atom is -0.378 e. The lowest BCUT2D eigenvalue weighted by Gasteiger charge is -2.33. The highest BCUT2D eigenvalue weighted by atomic mass is 16.5. The monoisotopic (exact) mass is 360 g/mol.